The molecule has 2 rings (SSSR count). The fourth-order valence-electron chi connectivity index (χ4n) is 1.70. The molecule has 0 bridgehead atoms. The highest BCUT2D eigenvalue weighted by molar-refractivity contribution is 5.94. The maximum absolute atomic E-state index is 11.6. The van der Waals surface area contributed by atoms with Crippen LogP contribution in [0.5, 0.6) is 5.75 Å². The second kappa shape index (κ2) is 8.47. The predicted octanol–water partition coefficient (Wildman–Crippen LogP) is 1.55. The number of nitrogens with one attached hydrogen (secondary N) is 1. The number of rotatable bonds is 7. The summed E-state index contributed by atoms with van der Waals surface area (Å²) in [5.74, 6) is 0.200. The Labute approximate surface area is 138 Å². The number of hydrogen-bond acceptors (Lipinski definition) is 7. The molecule has 1 aromatic heterocycles. The monoisotopic (exact) mass is 331 g/mol. The molecule has 1 unspecified atom stereocenters. The first kappa shape index (κ1) is 17.2. The molecule has 8 nitrogen and oxygen atoms in total. The van der Waals surface area contributed by atoms with Crippen LogP contribution in [0.2, 0.25) is 0 Å². The van der Waals surface area contributed by atoms with E-state index in [1.807, 2.05) is 30.3 Å². The molecule has 0 fully saturated rings. The molecule has 126 valence electrons. The van der Waals surface area contributed by atoms with Gasteiger partial charge in [-0.25, -0.2) is 4.79 Å². The van der Waals surface area contributed by atoms with Gasteiger partial charge >= 0.3 is 5.97 Å². The van der Waals surface area contributed by atoms with Crippen LogP contribution in [0.25, 0.3) is 0 Å². The molecule has 1 N–H and O–H groups in total. The molecular weight excluding hydrogens is 314 g/mol. The average Bonchev–Trinajstić information content (AvgIpc) is 3.08. The van der Waals surface area contributed by atoms with Gasteiger partial charge in [0, 0.05) is 12.2 Å². The number of ether oxygens (including phenoxy) is 2. The van der Waals surface area contributed by atoms with Gasteiger partial charge in [0.05, 0.1) is 13.2 Å². The molecule has 1 amide bonds. The summed E-state index contributed by atoms with van der Waals surface area (Å²) in [5.41, 5.74) is 0. The van der Waals surface area contributed by atoms with Crippen LogP contribution >= 0.6 is 0 Å². The van der Waals surface area contributed by atoms with Gasteiger partial charge < -0.3 is 19.3 Å². The van der Waals surface area contributed by atoms with Crippen molar-refractivity contribution in [2.24, 2.45) is 0 Å². The number of carbonyl (C=O) groups excluding carboxylic acids is 2. The largest absolute Gasteiger partial charge is 0.484 e. The van der Waals surface area contributed by atoms with E-state index in [9.17, 15) is 9.59 Å². The zero-order chi connectivity index (χ0) is 17.4. The zero-order valence-electron chi connectivity index (χ0n) is 13.3. The summed E-state index contributed by atoms with van der Waals surface area (Å²) in [6.07, 6.45) is 2.10. The van der Waals surface area contributed by atoms with E-state index >= 15 is 0 Å². The molecule has 0 spiro atoms. The number of amides is 1. The van der Waals surface area contributed by atoms with Gasteiger partial charge in [-0.1, -0.05) is 23.4 Å². The van der Waals surface area contributed by atoms with Crippen molar-refractivity contribution < 1.29 is 23.6 Å². The Kier molecular flexibility index (Phi) is 6.07. The summed E-state index contributed by atoms with van der Waals surface area (Å²) in [7, 11) is 1.23. The van der Waals surface area contributed by atoms with Crippen molar-refractivity contribution >= 4 is 11.9 Å². The molecule has 8 heteroatoms. The summed E-state index contributed by atoms with van der Waals surface area (Å²) in [6, 6.07) is 8.73. The Morgan fingerprint density at radius 3 is 2.75 bits per heavy atom. The molecule has 2 aromatic rings. The second-order valence-electron chi connectivity index (χ2n) is 4.73. The van der Waals surface area contributed by atoms with Gasteiger partial charge in [-0.15, -0.1) is 0 Å². The van der Waals surface area contributed by atoms with Crippen molar-refractivity contribution in [2.75, 3.05) is 7.11 Å². The molecule has 0 aliphatic rings. The van der Waals surface area contributed by atoms with E-state index in [0.29, 0.717) is 17.5 Å². The number of nitrogens with zero attached hydrogens (tertiary/aromatic N) is 2. The van der Waals surface area contributed by atoms with Crippen LogP contribution in [-0.2, 0) is 20.9 Å². The van der Waals surface area contributed by atoms with E-state index in [1.54, 1.807) is 6.92 Å². The van der Waals surface area contributed by atoms with Gasteiger partial charge in [0.2, 0.25) is 5.91 Å². The zero-order valence-corrected chi connectivity index (χ0v) is 13.3. The number of para-hydroxylation sites is 1. The predicted molar refractivity (Wildman–Crippen MR) is 82.8 cm³/mol. The summed E-state index contributed by atoms with van der Waals surface area (Å²) < 4.78 is 15.0. The Morgan fingerprint density at radius 1 is 1.29 bits per heavy atom. The third-order valence-corrected chi connectivity index (χ3v) is 2.91. The van der Waals surface area contributed by atoms with Crippen LogP contribution < -0.4 is 10.1 Å². The highest BCUT2D eigenvalue weighted by Gasteiger charge is 2.15. The lowest BCUT2D eigenvalue weighted by molar-refractivity contribution is -0.135. The normalized spacial score (nSPS) is 11.9. The van der Waals surface area contributed by atoms with Crippen LogP contribution in [0.4, 0.5) is 0 Å². The van der Waals surface area contributed by atoms with Crippen LogP contribution in [0.1, 0.15) is 24.7 Å². The van der Waals surface area contributed by atoms with E-state index in [2.05, 4.69) is 20.2 Å². The van der Waals surface area contributed by atoms with Crippen molar-refractivity contribution in [1.29, 1.82) is 0 Å². The molecule has 24 heavy (non-hydrogen) atoms. The Bertz CT molecular complexity index is 712. The fourth-order valence-corrected chi connectivity index (χ4v) is 1.70. The van der Waals surface area contributed by atoms with Crippen LogP contribution in [0.15, 0.2) is 47.0 Å². The molecular formula is C16H17N3O5. The summed E-state index contributed by atoms with van der Waals surface area (Å²) in [5, 5.41) is 6.40. The van der Waals surface area contributed by atoms with Gasteiger partial charge in [-0.3, -0.25) is 4.79 Å². The number of hydrogen-bond donors (Lipinski definition) is 1. The minimum absolute atomic E-state index is 0.125. The molecule has 0 saturated heterocycles. The standard InChI is InChI=1S/C16H17N3O5/c1-11(17-13(20)8-9-15(21)22-2)16-18-14(24-19-16)10-23-12-6-4-3-5-7-12/h3-9,11H,10H2,1-2H3,(H,17,20)/b9-8+. The number of esters is 1. The van der Waals surface area contributed by atoms with Crippen LogP contribution in [0.3, 0.4) is 0 Å². The molecule has 1 atom stereocenters. The molecule has 0 saturated carbocycles. The minimum atomic E-state index is -0.613. The number of aromatic nitrogens is 2. The SMILES string of the molecule is COC(=O)/C=C/C(=O)NC(C)c1noc(COc2ccccc2)n1. The van der Waals surface area contributed by atoms with Crippen LogP contribution in [0, 0.1) is 0 Å². The second-order valence-corrected chi connectivity index (χ2v) is 4.73. The van der Waals surface area contributed by atoms with Gasteiger partial charge in [0.15, 0.2) is 12.4 Å². The number of methoxy groups -OCH3 is 1. The van der Waals surface area contributed by atoms with E-state index in [-0.39, 0.29) is 6.61 Å². The molecule has 0 radical (unpaired) electrons. The quantitative estimate of drug-likeness (QED) is 0.606. The smallest absolute Gasteiger partial charge is 0.330 e. The number of carbonyl (C=O) groups is 2. The average molecular weight is 331 g/mol. The van der Waals surface area contributed by atoms with E-state index < -0.39 is 17.9 Å². The van der Waals surface area contributed by atoms with E-state index in [0.717, 1.165) is 12.2 Å². The molecule has 1 heterocycles. The third-order valence-electron chi connectivity index (χ3n) is 2.91. The third kappa shape index (κ3) is 5.24. The van der Waals surface area contributed by atoms with Crippen molar-refractivity contribution in [3.63, 3.8) is 0 Å². The van der Waals surface area contributed by atoms with E-state index in [4.69, 9.17) is 9.26 Å². The maximum Gasteiger partial charge on any atom is 0.330 e. The Balaban J connectivity index is 1.86. The lowest BCUT2D eigenvalue weighted by Crippen LogP contribution is -2.25. The van der Waals surface area contributed by atoms with Crippen molar-refractivity contribution in [1.82, 2.24) is 15.5 Å². The first-order valence-corrected chi connectivity index (χ1v) is 7.15. The van der Waals surface area contributed by atoms with Crippen molar-refractivity contribution in [2.45, 2.75) is 19.6 Å². The molecule has 0 aliphatic carbocycles. The molecule has 0 aliphatic heterocycles. The van der Waals surface area contributed by atoms with E-state index in [1.165, 1.54) is 7.11 Å². The maximum atomic E-state index is 11.6. The summed E-state index contributed by atoms with van der Waals surface area (Å²) >= 11 is 0. The summed E-state index contributed by atoms with van der Waals surface area (Å²) in [6.45, 7) is 1.82. The highest BCUT2D eigenvalue weighted by atomic mass is 16.5. The lowest BCUT2D eigenvalue weighted by atomic mass is 10.3. The first-order valence-electron chi connectivity index (χ1n) is 7.15. The van der Waals surface area contributed by atoms with Gasteiger partial charge in [0.1, 0.15) is 5.75 Å². The summed E-state index contributed by atoms with van der Waals surface area (Å²) in [4.78, 5) is 26.7. The first-order chi connectivity index (χ1) is 11.6. The van der Waals surface area contributed by atoms with Crippen LogP contribution in [-0.4, -0.2) is 29.1 Å². The van der Waals surface area contributed by atoms with Crippen molar-refractivity contribution in [3.8, 4) is 5.75 Å². The topological polar surface area (TPSA) is 104 Å². The Morgan fingerprint density at radius 2 is 2.04 bits per heavy atom. The number of benzene rings is 1. The van der Waals surface area contributed by atoms with Gasteiger partial charge in [-0.05, 0) is 19.1 Å². The lowest BCUT2D eigenvalue weighted by Gasteiger charge is -2.07. The van der Waals surface area contributed by atoms with Gasteiger partial charge in [-0.2, -0.15) is 4.98 Å². The minimum Gasteiger partial charge on any atom is -0.484 e. The highest BCUT2D eigenvalue weighted by Crippen LogP contribution is 2.12. The molecule has 1 aromatic carbocycles. The Hall–Kier alpha value is -3.16. The fraction of sp³-hybridized carbons (Fsp3) is 0.250. The van der Waals surface area contributed by atoms with Crippen molar-refractivity contribution in [3.05, 3.63) is 54.2 Å². The van der Waals surface area contributed by atoms with Gasteiger partial charge in [0.25, 0.3) is 5.89 Å².